The molecule has 0 unspecified atom stereocenters. The third-order valence-electron chi connectivity index (χ3n) is 3.96. The zero-order valence-corrected chi connectivity index (χ0v) is 16.7. The second-order valence-corrected chi connectivity index (χ2v) is 7.38. The lowest BCUT2D eigenvalue weighted by Gasteiger charge is -2.06. The van der Waals surface area contributed by atoms with E-state index >= 15 is 0 Å². The second-order valence-electron chi connectivity index (χ2n) is 6.34. The number of carbonyl (C=O) groups excluding carboxylic acids is 2. The number of hydrogen-bond donors (Lipinski definition) is 1. The van der Waals surface area contributed by atoms with E-state index in [1.807, 2.05) is 32.0 Å². The molecule has 0 aliphatic heterocycles. The van der Waals surface area contributed by atoms with E-state index in [1.54, 1.807) is 24.3 Å². The van der Waals surface area contributed by atoms with E-state index in [1.165, 1.54) is 11.3 Å². The number of thiazole rings is 1. The topological polar surface area (TPSA) is 77.5 Å². The molecule has 0 saturated carbocycles. The lowest BCUT2D eigenvalue weighted by molar-refractivity contribution is -0.118. The van der Waals surface area contributed by atoms with Gasteiger partial charge in [-0.05, 0) is 49.2 Å². The number of unbranched alkanes of at least 4 members (excludes halogenated alkanes) is 1. The maximum absolute atomic E-state index is 12.1. The number of esters is 1. The summed E-state index contributed by atoms with van der Waals surface area (Å²) in [5, 5.41) is 3.20. The molecule has 2 aromatic carbocycles. The van der Waals surface area contributed by atoms with Gasteiger partial charge in [-0.15, -0.1) is 0 Å². The van der Waals surface area contributed by atoms with Crippen LogP contribution in [0.25, 0.3) is 10.2 Å². The fourth-order valence-corrected chi connectivity index (χ4v) is 3.43. The fourth-order valence-electron chi connectivity index (χ4n) is 2.51. The van der Waals surface area contributed by atoms with Crippen molar-refractivity contribution in [1.82, 2.24) is 4.98 Å². The number of fused-ring (bicyclic) bond motifs is 1. The largest absolute Gasteiger partial charge is 0.484 e. The van der Waals surface area contributed by atoms with Crippen LogP contribution in [0, 0.1) is 6.92 Å². The van der Waals surface area contributed by atoms with E-state index in [2.05, 4.69) is 10.3 Å². The van der Waals surface area contributed by atoms with Gasteiger partial charge in [-0.2, -0.15) is 0 Å². The number of aryl methyl sites for hydroxylation is 1. The van der Waals surface area contributed by atoms with Crippen LogP contribution in [0.2, 0.25) is 0 Å². The average molecular weight is 398 g/mol. The number of nitrogens with zero attached hydrogens (tertiary/aromatic N) is 1. The molecule has 1 heterocycles. The van der Waals surface area contributed by atoms with Crippen LogP contribution in [-0.2, 0) is 9.53 Å². The van der Waals surface area contributed by atoms with Crippen LogP contribution >= 0.6 is 11.3 Å². The van der Waals surface area contributed by atoms with Crippen LogP contribution in [0.15, 0.2) is 42.5 Å². The highest BCUT2D eigenvalue weighted by Gasteiger charge is 2.12. The van der Waals surface area contributed by atoms with Crippen LogP contribution in [0.5, 0.6) is 5.75 Å². The number of hydrogen-bond acceptors (Lipinski definition) is 6. The summed E-state index contributed by atoms with van der Waals surface area (Å²) in [5.41, 5.74) is 2.26. The first-order chi connectivity index (χ1) is 13.5. The number of ether oxygens (including phenoxy) is 2. The average Bonchev–Trinajstić information content (AvgIpc) is 3.08. The molecule has 7 heteroatoms. The van der Waals surface area contributed by atoms with E-state index in [0.717, 1.165) is 23.1 Å². The predicted molar refractivity (Wildman–Crippen MR) is 110 cm³/mol. The number of rotatable bonds is 8. The van der Waals surface area contributed by atoms with Crippen molar-refractivity contribution in [3.8, 4) is 5.75 Å². The van der Waals surface area contributed by atoms with Crippen LogP contribution in [-0.4, -0.2) is 30.1 Å². The molecule has 0 spiro atoms. The van der Waals surface area contributed by atoms with Crippen molar-refractivity contribution in [2.75, 3.05) is 18.5 Å². The first-order valence-electron chi connectivity index (χ1n) is 9.12. The molecular weight excluding hydrogens is 376 g/mol. The van der Waals surface area contributed by atoms with Gasteiger partial charge in [0.05, 0.1) is 22.4 Å². The molecule has 1 N–H and O–H groups in total. The van der Waals surface area contributed by atoms with Crippen molar-refractivity contribution in [2.24, 2.45) is 0 Å². The van der Waals surface area contributed by atoms with E-state index < -0.39 is 0 Å². The quantitative estimate of drug-likeness (QED) is 0.444. The Morgan fingerprint density at radius 2 is 2.04 bits per heavy atom. The van der Waals surface area contributed by atoms with Gasteiger partial charge >= 0.3 is 5.97 Å². The smallest absolute Gasteiger partial charge is 0.338 e. The van der Waals surface area contributed by atoms with Crippen molar-refractivity contribution in [3.05, 3.63) is 53.6 Å². The van der Waals surface area contributed by atoms with Crippen LogP contribution < -0.4 is 10.1 Å². The predicted octanol–water partition coefficient (Wildman–Crippen LogP) is 4.58. The number of nitrogens with one attached hydrogen (secondary N) is 1. The van der Waals surface area contributed by atoms with E-state index in [4.69, 9.17) is 9.47 Å². The molecular formula is C21H22N2O4S. The lowest BCUT2D eigenvalue weighted by atomic mass is 10.2. The van der Waals surface area contributed by atoms with Gasteiger partial charge in [0.1, 0.15) is 5.75 Å². The maximum Gasteiger partial charge on any atom is 0.338 e. The Labute approximate surface area is 167 Å². The molecule has 146 valence electrons. The Morgan fingerprint density at radius 3 is 2.82 bits per heavy atom. The van der Waals surface area contributed by atoms with Gasteiger partial charge in [0.15, 0.2) is 11.7 Å². The first-order valence-corrected chi connectivity index (χ1v) is 9.94. The highest BCUT2D eigenvalue weighted by Crippen LogP contribution is 2.27. The summed E-state index contributed by atoms with van der Waals surface area (Å²) < 4.78 is 11.5. The molecule has 3 rings (SSSR count). The Bertz CT molecular complexity index is 983. The number of anilines is 1. The Morgan fingerprint density at radius 1 is 1.18 bits per heavy atom. The van der Waals surface area contributed by atoms with E-state index in [-0.39, 0.29) is 18.5 Å². The third kappa shape index (κ3) is 5.29. The monoisotopic (exact) mass is 398 g/mol. The Hall–Kier alpha value is -2.93. The number of carbonyl (C=O) groups is 2. The molecule has 0 atom stereocenters. The minimum atomic E-state index is -0.346. The van der Waals surface area contributed by atoms with Gasteiger partial charge in [-0.25, -0.2) is 9.78 Å². The van der Waals surface area contributed by atoms with Crippen LogP contribution in [0.4, 0.5) is 5.13 Å². The molecule has 0 aliphatic carbocycles. The zero-order valence-electron chi connectivity index (χ0n) is 15.9. The zero-order chi connectivity index (χ0) is 19.9. The van der Waals surface area contributed by atoms with Gasteiger partial charge in [-0.1, -0.05) is 36.8 Å². The van der Waals surface area contributed by atoms with Crippen molar-refractivity contribution in [2.45, 2.75) is 26.7 Å². The standard InChI is InChI=1S/C21H22N2O4S/c1-3-4-10-26-20(25)15-8-9-17-18(12-15)28-21(22-17)23-19(24)13-27-16-7-5-6-14(2)11-16/h5-9,11-12H,3-4,10,13H2,1-2H3,(H,22,23,24). The molecule has 1 aromatic heterocycles. The normalized spacial score (nSPS) is 10.6. The summed E-state index contributed by atoms with van der Waals surface area (Å²) in [4.78, 5) is 28.6. The molecule has 3 aromatic rings. The summed E-state index contributed by atoms with van der Waals surface area (Å²) in [6, 6.07) is 12.7. The summed E-state index contributed by atoms with van der Waals surface area (Å²) in [6.07, 6.45) is 1.81. The van der Waals surface area contributed by atoms with Crippen LogP contribution in [0.1, 0.15) is 35.7 Å². The fraction of sp³-hybridized carbons (Fsp3) is 0.286. The minimum Gasteiger partial charge on any atom is -0.484 e. The van der Waals surface area contributed by atoms with E-state index in [0.29, 0.717) is 28.6 Å². The van der Waals surface area contributed by atoms with Gasteiger partial charge in [0.25, 0.3) is 5.91 Å². The number of aromatic nitrogens is 1. The summed E-state index contributed by atoms with van der Waals surface area (Å²) in [7, 11) is 0. The maximum atomic E-state index is 12.1. The summed E-state index contributed by atoms with van der Waals surface area (Å²) >= 11 is 1.30. The van der Waals surface area contributed by atoms with Crippen molar-refractivity contribution in [3.63, 3.8) is 0 Å². The minimum absolute atomic E-state index is 0.103. The van der Waals surface area contributed by atoms with Gasteiger partial charge in [0.2, 0.25) is 0 Å². The highest BCUT2D eigenvalue weighted by atomic mass is 32.1. The Kier molecular flexibility index (Phi) is 6.60. The molecule has 28 heavy (non-hydrogen) atoms. The van der Waals surface area contributed by atoms with Crippen molar-refractivity contribution < 1.29 is 19.1 Å². The Balaban J connectivity index is 1.60. The molecule has 0 fully saturated rings. The molecule has 6 nitrogen and oxygen atoms in total. The van der Waals surface area contributed by atoms with Crippen molar-refractivity contribution >= 4 is 38.6 Å². The second kappa shape index (κ2) is 9.32. The number of amides is 1. The molecule has 0 saturated heterocycles. The SMILES string of the molecule is CCCCOC(=O)c1ccc2nc(NC(=O)COc3cccc(C)c3)sc2c1. The number of benzene rings is 2. The van der Waals surface area contributed by atoms with Crippen LogP contribution in [0.3, 0.4) is 0 Å². The molecule has 0 radical (unpaired) electrons. The first kappa shape index (κ1) is 19.8. The molecule has 0 aliphatic rings. The highest BCUT2D eigenvalue weighted by molar-refractivity contribution is 7.22. The summed E-state index contributed by atoms with van der Waals surface area (Å²) in [5.74, 6) is 0.00586. The third-order valence-corrected chi connectivity index (χ3v) is 4.89. The van der Waals surface area contributed by atoms with Gasteiger partial charge in [0, 0.05) is 0 Å². The molecule has 1 amide bonds. The lowest BCUT2D eigenvalue weighted by Crippen LogP contribution is -2.20. The summed E-state index contributed by atoms with van der Waals surface area (Å²) in [6.45, 7) is 4.31. The van der Waals surface area contributed by atoms with E-state index in [9.17, 15) is 9.59 Å². The van der Waals surface area contributed by atoms with Gasteiger partial charge in [-0.3, -0.25) is 10.1 Å². The van der Waals surface area contributed by atoms with Gasteiger partial charge < -0.3 is 9.47 Å². The molecule has 0 bridgehead atoms. The van der Waals surface area contributed by atoms with Crippen molar-refractivity contribution in [1.29, 1.82) is 0 Å².